The summed E-state index contributed by atoms with van der Waals surface area (Å²) in [5.41, 5.74) is 0.797. The van der Waals surface area contributed by atoms with Gasteiger partial charge in [-0.3, -0.25) is 9.87 Å². The molecule has 0 radical (unpaired) electrons. The second-order valence-corrected chi connectivity index (χ2v) is 4.78. The molecule has 0 atom stereocenters. The van der Waals surface area contributed by atoms with Gasteiger partial charge in [0.2, 0.25) is 5.95 Å². The third kappa shape index (κ3) is 3.67. The van der Waals surface area contributed by atoms with Crippen LogP contribution in [0.25, 0.3) is 11.0 Å². The van der Waals surface area contributed by atoms with Gasteiger partial charge in [-0.05, 0) is 18.2 Å². The van der Waals surface area contributed by atoms with Gasteiger partial charge < -0.3 is 9.72 Å². The van der Waals surface area contributed by atoms with E-state index in [1.807, 2.05) is 0 Å². The van der Waals surface area contributed by atoms with Crippen molar-refractivity contribution < 1.29 is 22.5 Å². The summed E-state index contributed by atoms with van der Waals surface area (Å²) in [6, 6.07) is 3.83. The number of nitrogens with one attached hydrogen (secondary N) is 2. The number of amides is 1. The summed E-state index contributed by atoms with van der Waals surface area (Å²) in [6.07, 6.45) is -0.705. The molecular formula is C9H10N3NaO5S. The Bertz CT molecular complexity index is 712. The number of anilines is 1. The molecule has 0 saturated carbocycles. The van der Waals surface area contributed by atoms with Crippen molar-refractivity contribution in [3.8, 4) is 0 Å². The first-order chi connectivity index (χ1) is 8.40. The topological polar surface area (TPSA) is 121 Å². The summed E-state index contributed by atoms with van der Waals surface area (Å²) in [4.78, 5) is 17.4. The first-order valence-electron chi connectivity index (χ1n) is 4.72. The minimum absolute atomic E-state index is 0. The minimum atomic E-state index is -4.28. The molecule has 0 aliphatic heterocycles. The third-order valence-corrected chi connectivity index (χ3v) is 3.01. The predicted molar refractivity (Wildman–Crippen MR) is 69.1 cm³/mol. The van der Waals surface area contributed by atoms with Crippen molar-refractivity contribution >= 4 is 62.8 Å². The Morgan fingerprint density at radius 2 is 2.16 bits per heavy atom. The van der Waals surface area contributed by atoms with Crippen LogP contribution in [0.3, 0.4) is 0 Å². The molecule has 1 amide bonds. The molecule has 0 unspecified atom stereocenters. The molecular weight excluding hydrogens is 285 g/mol. The molecule has 19 heavy (non-hydrogen) atoms. The maximum absolute atomic E-state index is 11.0. The van der Waals surface area contributed by atoms with Gasteiger partial charge >= 0.3 is 35.7 Å². The first-order valence-corrected chi connectivity index (χ1v) is 6.16. The Morgan fingerprint density at radius 3 is 2.74 bits per heavy atom. The number of aromatic nitrogens is 2. The molecule has 0 bridgehead atoms. The fraction of sp³-hybridized carbons (Fsp3) is 0.111. The summed E-state index contributed by atoms with van der Waals surface area (Å²) in [7, 11) is -3.08. The predicted octanol–water partition coefficient (Wildman–Crippen LogP) is 0.339. The van der Waals surface area contributed by atoms with E-state index in [-0.39, 0.29) is 45.9 Å². The Kier molecular flexibility index (Phi) is 4.93. The number of H-pyrrole nitrogens is 1. The Labute approximate surface area is 130 Å². The number of aromatic amines is 1. The van der Waals surface area contributed by atoms with Gasteiger partial charge in [0.15, 0.2) is 0 Å². The zero-order valence-corrected chi connectivity index (χ0v) is 9.98. The van der Waals surface area contributed by atoms with Crippen molar-refractivity contribution in [3.63, 3.8) is 0 Å². The molecule has 98 valence electrons. The quantitative estimate of drug-likeness (QED) is 0.542. The normalized spacial score (nSPS) is 10.8. The van der Waals surface area contributed by atoms with Gasteiger partial charge in [0.1, 0.15) is 0 Å². The third-order valence-electron chi connectivity index (χ3n) is 2.16. The van der Waals surface area contributed by atoms with Gasteiger partial charge in [-0.2, -0.15) is 8.42 Å². The van der Waals surface area contributed by atoms with Gasteiger partial charge in [-0.15, -0.1) is 0 Å². The first kappa shape index (κ1) is 15.9. The number of carbonyl (C=O) groups excluding carboxylic acids is 1. The van der Waals surface area contributed by atoms with E-state index >= 15 is 0 Å². The second-order valence-electron chi connectivity index (χ2n) is 3.36. The van der Waals surface area contributed by atoms with Crippen LogP contribution in [0.4, 0.5) is 10.7 Å². The molecule has 3 N–H and O–H groups in total. The van der Waals surface area contributed by atoms with Gasteiger partial charge in [0, 0.05) is 0 Å². The van der Waals surface area contributed by atoms with Crippen molar-refractivity contribution in [1.82, 2.24) is 9.97 Å². The van der Waals surface area contributed by atoms with E-state index in [9.17, 15) is 13.2 Å². The van der Waals surface area contributed by atoms with E-state index in [4.69, 9.17) is 4.55 Å². The number of nitrogens with zero attached hydrogens (tertiary/aromatic N) is 1. The van der Waals surface area contributed by atoms with Crippen LogP contribution in [-0.4, -0.2) is 65.7 Å². The molecule has 8 nitrogen and oxygen atoms in total. The molecule has 0 aliphatic rings. The Balaban J connectivity index is 0.00000180. The molecule has 2 aromatic rings. The monoisotopic (exact) mass is 295 g/mol. The van der Waals surface area contributed by atoms with Gasteiger partial charge in [-0.25, -0.2) is 9.78 Å². The SMILES string of the molecule is COC(=O)Nc1nc2cc(S(=O)(=O)O)ccc2[nH]1.[NaH]. The van der Waals surface area contributed by atoms with E-state index in [2.05, 4.69) is 20.0 Å². The van der Waals surface area contributed by atoms with E-state index in [1.54, 1.807) is 0 Å². The molecule has 1 aromatic heterocycles. The molecule has 2 rings (SSSR count). The van der Waals surface area contributed by atoms with Crippen LogP contribution in [0, 0.1) is 0 Å². The van der Waals surface area contributed by atoms with Crippen LogP contribution in [0.5, 0.6) is 0 Å². The molecule has 0 fully saturated rings. The zero-order chi connectivity index (χ0) is 13.3. The number of fused-ring (bicyclic) bond motifs is 1. The molecule has 1 aromatic carbocycles. The van der Waals surface area contributed by atoms with Crippen molar-refractivity contribution in [2.45, 2.75) is 4.90 Å². The summed E-state index contributed by atoms with van der Waals surface area (Å²) in [5, 5.41) is 2.30. The van der Waals surface area contributed by atoms with Crippen LogP contribution in [0.1, 0.15) is 0 Å². The van der Waals surface area contributed by atoms with Crippen molar-refractivity contribution in [1.29, 1.82) is 0 Å². The number of rotatable bonds is 2. The Hall–Kier alpha value is -1.13. The number of methoxy groups -OCH3 is 1. The average Bonchev–Trinajstić information content (AvgIpc) is 2.68. The molecule has 1 heterocycles. The summed E-state index contributed by atoms with van der Waals surface area (Å²) >= 11 is 0. The zero-order valence-electron chi connectivity index (χ0n) is 9.17. The number of benzene rings is 1. The average molecular weight is 295 g/mol. The van der Waals surface area contributed by atoms with Crippen LogP contribution in [0.2, 0.25) is 0 Å². The maximum atomic E-state index is 11.0. The Morgan fingerprint density at radius 1 is 1.47 bits per heavy atom. The van der Waals surface area contributed by atoms with Gasteiger partial charge in [0.05, 0.1) is 23.0 Å². The molecule has 0 aliphatic carbocycles. The number of carbonyl (C=O) groups is 1. The molecule has 0 spiro atoms. The van der Waals surface area contributed by atoms with Crippen molar-refractivity contribution in [2.75, 3.05) is 12.4 Å². The number of ether oxygens (including phenoxy) is 1. The fourth-order valence-electron chi connectivity index (χ4n) is 1.35. The summed E-state index contributed by atoms with van der Waals surface area (Å²) < 4.78 is 35.1. The van der Waals surface area contributed by atoms with Crippen molar-refractivity contribution in [2.24, 2.45) is 0 Å². The van der Waals surface area contributed by atoms with Gasteiger partial charge in [-0.1, -0.05) is 0 Å². The van der Waals surface area contributed by atoms with E-state index < -0.39 is 16.2 Å². The standard InChI is InChI=1S/C9H9N3O5S.Na.H/c1-17-9(13)12-8-10-6-3-2-5(18(14,15)16)4-7(6)11-8;;/h2-4H,1H3,(H,14,15,16)(H2,10,11,12,13);;. The number of hydrogen-bond acceptors (Lipinski definition) is 5. The second kappa shape index (κ2) is 5.88. The van der Waals surface area contributed by atoms with Crippen LogP contribution in [0.15, 0.2) is 23.1 Å². The van der Waals surface area contributed by atoms with Crippen LogP contribution in [-0.2, 0) is 14.9 Å². The fourth-order valence-corrected chi connectivity index (χ4v) is 1.85. The van der Waals surface area contributed by atoms with E-state index in [0.717, 1.165) is 0 Å². The molecule has 10 heteroatoms. The van der Waals surface area contributed by atoms with Crippen LogP contribution >= 0.6 is 0 Å². The van der Waals surface area contributed by atoms with Crippen molar-refractivity contribution in [3.05, 3.63) is 18.2 Å². The van der Waals surface area contributed by atoms with E-state index in [0.29, 0.717) is 5.52 Å². The van der Waals surface area contributed by atoms with Crippen LogP contribution < -0.4 is 5.32 Å². The number of hydrogen-bond donors (Lipinski definition) is 3. The van der Waals surface area contributed by atoms with Gasteiger partial charge in [0.25, 0.3) is 10.1 Å². The molecule has 0 saturated heterocycles. The number of imidazole rings is 1. The summed E-state index contributed by atoms with van der Waals surface area (Å²) in [6.45, 7) is 0. The van der Waals surface area contributed by atoms with E-state index in [1.165, 1.54) is 25.3 Å². The summed E-state index contributed by atoms with van der Waals surface area (Å²) in [5.74, 6) is 0.115.